The highest BCUT2D eigenvalue weighted by Crippen LogP contribution is 2.39. The van der Waals surface area contributed by atoms with Crippen LogP contribution in [0.5, 0.6) is 0 Å². The lowest BCUT2D eigenvalue weighted by Crippen LogP contribution is -2.41. The van der Waals surface area contributed by atoms with Crippen molar-refractivity contribution in [3.8, 4) is 0 Å². The van der Waals surface area contributed by atoms with Crippen LogP contribution < -0.4 is 10.2 Å². The molecule has 5 nitrogen and oxygen atoms in total. The van der Waals surface area contributed by atoms with Gasteiger partial charge in [-0.2, -0.15) is 13.2 Å². The number of hydrogen-bond donors (Lipinski definition) is 1. The van der Waals surface area contributed by atoms with Crippen LogP contribution in [0, 0.1) is 5.92 Å². The zero-order valence-electron chi connectivity index (χ0n) is 20.6. The zero-order chi connectivity index (χ0) is 26.9. The lowest BCUT2D eigenvalue weighted by Gasteiger charge is -2.35. The summed E-state index contributed by atoms with van der Waals surface area (Å²) < 4.78 is 42.0. The molecule has 0 bridgehead atoms. The van der Waals surface area contributed by atoms with E-state index in [0.29, 0.717) is 63.5 Å². The summed E-state index contributed by atoms with van der Waals surface area (Å²) in [4.78, 5) is 18.3. The van der Waals surface area contributed by atoms with Crippen molar-refractivity contribution in [2.45, 2.75) is 51.7 Å². The molecule has 1 aliphatic heterocycles. The van der Waals surface area contributed by atoms with Gasteiger partial charge >= 0.3 is 6.18 Å². The molecule has 11 heteroatoms. The molecule has 0 spiro atoms. The number of halogens is 6. The maximum atomic E-state index is 13.4. The summed E-state index contributed by atoms with van der Waals surface area (Å²) in [5.41, 5.74) is 3.38. The highest BCUT2D eigenvalue weighted by Gasteiger charge is 2.42. The van der Waals surface area contributed by atoms with Crippen LogP contribution in [0.2, 0.25) is 15.1 Å². The van der Waals surface area contributed by atoms with Crippen LogP contribution in [0.1, 0.15) is 49.6 Å². The molecule has 0 saturated carbocycles. The minimum absolute atomic E-state index is 0.0478. The number of aromatic nitrogens is 2. The smallest absolute Gasteiger partial charge is 0.370 e. The van der Waals surface area contributed by atoms with Gasteiger partial charge in [0.15, 0.2) is 0 Å². The summed E-state index contributed by atoms with van der Waals surface area (Å²) in [7, 11) is 1.84. The molecule has 1 aromatic heterocycles. The SMILES string of the molecule is CCCC(=O)NCc1ccc(Cl)c(Cc2nc3cc(Cl)c(N4CCCC(C(F)(F)F)C4)cc3n2C)c1Cl. The highest BCUT2D eigenvalue weighted by atomic mass is 35.5. The molecule has 0 radical (unpaired) electrons. The fraction of sp³-hybridized carbons (Fsp3) is 0.462. The van der Waals surface area contributed by atoms with Gasteiger partial charge in [-0.15, -0.1) is 0 Å². The molecule has 2 aromatic carbocycles. The lowest BCUT2D eigenvalue weighted by atomic mass is 9.97. The zero-order valence-corrected chi connectivity index (χ0v) is 22.8. The summed E-state index contributed by atoms with van der Waals surface area (Å²) in [6.45, 7) is 2.62. The van der Waals surface area contributed by atoms with E-state index in [1.165, 1.54) is 0 Å². The van der Waals surface area contributed by atoms with Crippen LogP contribution in [-0.2, 0) is 24.8 Å². The summed E-state index contributed by atoms with van der Waals surface area (Å²) in [5, 5.41) is 4.16. The molecule has 1 atom stereocenters. The minimum atomic E-state index is -4.24. The van der Waals surface area contributed by atoms with E-state index in [2.05, 4.69) is 5.32 Å². The van der Waals surface area contributed by atoms with Gasteiger partial charge in [-0.05, 0) is 48.6 Å². The highest BCUT2D eigenvalue weighted by molar-refractivity contribution is 6.36. The number of fused-ring (bicyclic) bond motifs is 1. The van der Waals surface area contributed by atoms with Crippen LogP contribution >= 0.6 is 34.8 Å². The third kappa shape index (κ3) is 6.13. The van der Waals surface area contributed by atoms with Crippen molar-refractivity contribution in [1.29, 1.82) is 0 Å². The number of carbonyl (C=O) groups is 1. The van der Waals surface area contributed by atoms with Gasteiger partial charge < -0.3 is 14.8 Å². The van der Waals surface area contributed by atoms with E-state index in [4.69, 9.17) is 39.8 Å². The molecule has 3 aromatic rings. The van der Waals surface area contributed by atoms with E-state index in [9.17, 15) is 18.0 Å². The first-order valence-electron chi connectivity index (χ1n) is 12.2. The number of rotatable bonds is 7. The number of amides is 1. The summed E-state index contributed by atoms with van der Waals surface area (Å²) in [6, 6.07) is 7.02. The number of anilines is 1. The maximum absolute atomic E-state index is 13.4. The van der Waals surface area contributed by atoms with Gasteiger partial charge in [0.05, 0.1) is 32.7 Å². The molecule has 1 amide bonds. The van der Waals surface area contributed by atoms with Gasteiger partial charge in [-0.1, -0.05) is 47.8 Å². The van der Waals surface area contributed by atoms with Crippen LogP contribution in [0.15, 0.2) is 24.3 Å². The fourth-order valence-electron chi connectivity index (χ4n) is 4.73. The van der Waals surface area contributed by atoms with Crippen LogP contribution in [0.25, 0.3) is 11.0 Å². The molecule has 2 heterocycles. The van der Waals surface area contributed by atoms with Crippen molar-refractivity contribution < 1.29 is 18.0 Å². The normalized spacial score (nSPS) is 16.4. The first-order chi connectivity index (χ1) is 17.5. The molecule has 1 N–H and O–H groups in total. The Balaban J connectivity index is 1.62. The number of nitrogens with one attached hydrogen (secondary N) is 1. The second-order valence-corrected chi connectivity index (χ2v) is 10.6. The Morgan fingerprint density at radius 3 is 2.65 bits per heavy atom. The van der Waals surface area contributed by atoms with E-state index in [-0.39, 0.29) is 25.4 Å². The number of imidazole rings is 1. The Labute approximate surface area is 228 Å². The van der Waals surface area contributed by atoms with Crippen LogP contribution in [0.4, 0.5) is 18.9 Å². The first kappa shape index (κ1) is 27.9. The van der Waals surface area contributed by atoms with Crippen molar-refractivity contribution >= 4 is 57.4 Å². The Hall–Kier alpha value is -2.16. The third-order valence-corrected chi connectivity index (χ3v) is 7.95. The van der Waals surface area contributed by atoms with E-state index >= 15 is 0 Å². The Morgan fingerprint density at radius 2 is 1.95 bits per heavy atom. The number of benzene rings is 2. The Morgan fingerprint density at radius 1 is 1.19 bits per heavy atom. The molecule has 37 heavy (non-hydrogen) atoms. The molecular weight excluding hydrogens is 548 g/mol. The van der Waals surface area contributed by atoms with Crippen LogP contribution in [-0.4, -0.2) is 34.7 Å². The molecule has 1 aliphatic rings. The molecule has 4 rings (SSSR count). The Bertz CT molecular complexity index is 1310. The topological polar surface area (TPSA) is 50.2 Å². The third-order valence-electron chi connectivity index (χ3n) is 6.82. The van der Waals surface area contributed by atoms with Gasteiger partial charge in [-0.3, -0.25) is 4.79 Å². The van der Waals surface area contributed by atoms with Crippen molar-refractivity contribution in [3.63, 3.8) is 0 Å². The molecule has 1 saturated heterocycles. The standard InChI is InChI=1S/C26H28Cl3F3N4O/c1-3-5-24(37)33-13-15-7-8-18(27)17(25(15)29)10-23-34-20-11-19(28)21(12-22(20)35(23)2)36-9-4-6-16(14-36)26(30,31)32/h7-8,11-12,16H,3-6,9-10,13-14H2,1-2H3,(H,33,37). The van der Waals surface area contributed by atoms with Gasteiger partial charge in [0.25, 0.3) is 0 Å². The first-order valence-corrected chi connectivity index (χ1v) is 13.3. The lowest BCUT2D eigenvalue weighted by molar-refractivity contribution is -0.176. The average Bonchev–Trinajstić information content (AvgIpc) is 3.14. The molecule has 0 aliphatic carbocycles. The van der Waals surface area contributed by atoms with Gasteiger partial charge in [-0.25, -0.2) is 4.98 Å². The van der Waals surface area contributed by atoms with Crippen LogP contribution in [0.3, 0.4) is 0 Å². The number of carbonyl (C=O) groups excluding carboxylic acids is 1. The predicted molar refractivity (Wildman–Crippen MR) is 143 cm³/mol. The van der Waals surface area contributed by atoms with E-state index in [1.807, 2.05) is 18.5 Å². The quantitative estimate of drug-likeness (QED) is 0.321. The second kappa shape index (κ2) is 11.3. The van der Waals surface area contributed by atoms with E-state index in [1.54, 1.807) is 29.2 Å². The van der Waals surface area contributed by atoms with E-state index in [0.717, 1.165) is 17.5 Å². The monoisotopic (exact) mass is 574 g/mol. The fourth-order valence-corrected chi connectivity index (χ4v) is 5.58. The van der Waals surface area contributed by atoms with Crippen molar-refractivity contribution in [3.05, 3.63) is 56.3 Å². The Kier molecular flexibility index (Phi) is 8.51. The number of nitrogens with zero attached hydrogens (tertiary/aromatic N) is 3. The number of aryl methyl sites for hydroxylation is 1. The minimum Gasteiger partial charge on any atom is -0.370 e. The van der Waals surface area contributed by atoms with Gasteiger partial charge in [0.1, 0.15) is 5.82 Å². The summed E-state index contributed by atoms with van der Waals surface area (Å²) >= 11 is 19.7. The van der Waals surface area contributed by atoms with Crippen molar-refractivity contribution in [2.75, 3.05) is 18.0 Å². The van der Waals surface area contributed by atoms with Gasteiger partial charge in [0, 0.05) is 44.5 Å². The second-order valence-electron chi connectivity index (χ2n) is 9.41. The number of piperidine rings is 1. The number of hydrogen-bond acceptors (Lipinski definition) is 3. The average molecular weight is 576 g/mol. The predicted octanol–water partition coefficient (Wildman–Crippen LogP) is 7.32. The van der Waals surface area contributed by atoms with E-state index < -0.39 is 12.1 Å². The molecule has 1 fully saturated rings. The maximum Gasteiger partial charge on any atom is 0.393 e. The summed E-state index contributed by atoms with van der Waals surface area (Å²) in [6.07, 6.45) is -2.14. The summed E-state index contributed by atoms with van der Waals surface area (Å²) in [5.74, 6) is -0.752. The molecular formula is C26H28Cl3F3N4O. The molecule has 1 unspecified atom stereocenters. The van der Waals surface area contributed by atoms with Crippen molar-refractivity contribution in [2.24, 2.45) is 13.0 Å². The molecule has 200 valence electrons. The largest absolute Gasteiger partial charge is 0.393 e. The van der Waals surface area contributed by atoms with Crippen molar-refractivity contribution in [1.82, 2.24) is 14.9 Å². The number of alkyl halides is 3. The van der Waals surface area contributed by atoms with Gasteiger partial charge in [0.2, 0.25) is 5.91 Å².